The summed E-state index contributed by atoms with van der Waals surface area (Å²) < 4.78 is 6.39. The zero-order valence-electron chi connectivity index (χ0n) is 13.4. The van der Waals surface area contributed by atoms with Gasteiger partial charge in [0.15, 0.2) is 0 Å². The smallest absolute Gasteiger partial charge is 0.306 e. The van der Waals surface area contributed by atoms with Crippen molar-refractivity contribution in [2.75, 3.05) is 0 Å². The van der Waals surface area contributed by atoms with Crippen molar-refractivity contribution in [1.82, 2.24) is 0 Å². The summed E-state index contributed by atoms with van der Waals surface area (Å²) in [6.07, 6.45) is 3.73. The minimum absolute atomic E-state index is 0.0157. The lowest BCUT2D eigenvalue weighted by Crippen LogP contribution is -2.21. The van der Waals surface area contributed by atoms with Crippen molar-refractivity contribution in [3.05, 3.63) is 47.4 Å². The number of carbonyl (C=O) groups is 1. The van der Waals surface area contributed by atoms with Crippen LogP contribution in [0.25, 0.3) is 10.1 Å². The molecule has 1 saturated carbocycles. The van der Waals surface area contributed by atoms with Crippen molar-refractivity contribution in [2.24, 2.45) is 11.8 Å². The predicted molar refractivity (Wildman–Crippen MR) is 92.6 cm³/mol. The van der Waals surface area contributed by atoms with E-state index in [2.05, 4.69) is 0 Å². The van der Waals surface area contributed by atoms with Gasteiger partial charge in [0.05, 0.1) is 12.5 Å². The minimum Gasteiger partial charge on any atom is -0.462 e. The summed E-state index contributed by atoms with van der Waals surface area (Å²) in [5.41, 5.74) is -1.11. The molecule has 2 aromatic rings. The number of hydrogen-bond donors (Lipinski definition) is 2. The molecule has 2 aliphatic rings. The first kappa shape index (κ1) is 15.8. The van der Waals surface area contributed by atoms with Gasteiger partial charge in [-0.25, -0.2) is 0 Å². The highest BCUT2D eigenvalue weighted by Gasteiger charge is 2.48. The first-order valence-electron chi connectivity index (χ1n) is 8.22. The Morgan fingerprint density at radius 3 is 2.96 bits per heavy atom. The normalized spacial score (nSPS) is 32.2. The van der Waals surface area contributed by atoms with Crippen molar-refractivity contribution in [1.29, 1.82) is 0 Å². The Labute approximate surface area is 144 Å². The summed E-state index contributed by atoms with van der Waals surface area (Å²) in [4.78, 5) is 12.3. The van der Waals surface area contributed by atoms with Gasteiger partial charge in [-0.1, -0.05) is 30.4 Å². The van der Waals surface area contributed by atoms with E-state index in [0.717, 1.165) is 15.0 Å². The number of fused-ring (bicyclic) bond motifs is 2. The second-order valence-electron chi connectivity index (χ2n) is 6.93. The lowest BCUT2D eigenvalue weighted by molar-refractivity contribution is -0.141. The maximum absolute atomic E-state index is 11.5. The summed E-state index contributed by atoms with van der Waals surface area (Å²) in [6.45, 7) is 1.75. The van der Waals surface area contributed by atoms with E-state index in [1.54, 1.807) is 24.3 Å². The van der Waals surface area contributed by atoms with E-state index in [-0.39, 0.29) is 23.9 Å². The van der Waals surface area contributed by atoms with Gasteiger partial charge in [0.2, 0.25) is 0 Å². The van der Waals surface area contributed by atoms with Crippen molar-refractivity contribution >= 4 is 27.4 Å². The molecule has 0 amide bonds. The molecule has 4 rings (SSSR count). The number of hydrogen-bond acceptors (Lipinski definition) is 5. The summed E-state index contributed by atoms with van der Waals surface area (Å²) in [5.74, 6) is -0.323. The lowest BCUT2D eigenvalue weighted by atomic mass is 9.90. The molecular formula is C19H20O4S. The number of ether oxygens (including phenoxy) is 1. The lowest BCUT2D eigenvalue weighted by Gasteiger charge is -2.20. The molecule has 2 fully saturated rings. The van der Waals surface area contributed by atoms with Gasteiger partial charge in [-0.15, -0.1) is 11.3 Å². The number of aliphatic hydroxyl groups excluding tert-OH is 1. The average molecular weight is 344 g/mol. The van der Waals surface area contributed by atoms with Crippen LogP contribution in [0.4, 0.5) is 0 Å². The summed E-state index contributed by atoms with van der Waals surface area (Å²) >= 11 is 1.56. The predicted octanol–water partition coefficient (Wildman–Crippen LogP) is 2.98. The van der Waals surface area contributed by atoms with Crippen LogP contribution in [0, 0.1) is 11.8 Å². The molecule has 1 unspecified atom stereocenters. The van der Waals surface area contributed by atoms with Crippen molar-refractivity contribution in [3.63, 3.8) is 0 Å². The summed E-state index contributed by atoms with van der Waals surface area (Å²) in [6, 6.07) is 10.0. The van der Waals surface area contributed by atoms with Gasteiger partial charge in [0, 0.05) is 27.8 Å². The Morgan fingerprint density at radius 2 is 2.17 bits per heavy atom. The molecule has 1 aromatic heterocycles. The number of thiophene rings is 1. The zero-order chi connectivity index (χ0) is 16.9. The maximum Gasteiger partial charge on any atom is 0.306 e. The van der Waals surface area contributed by atoms with Crippen LogP contribution in [0.15, 0.2) is 42.5 Å². The Kier molecular flexibility index (Phi) is 3.75. The van der Waals surface area contributed by atoms with Crippen molar-refractivity contribution < 1.29 is 19.7 Å². The highest BCUT2D eigenvalue weighted by Crippen LogP contribution is 2.43. The highest BCUT2D eigenvalue weighted by atomic mass is 32.1. The molecule has 5 heteroatoms. The Morgan fingerprint density at radius 1 is 1.38 bits per heavy atom. The van der Waals surface area contributed by atoms with Crippen LogP contribution in [-0.2, 0) is 15.1 Å². The van der Waals surface area contributed by atoms with Crippen LogP contribution in [0.5, 0.6) is 0 Å². The first-order chi connectivity index (χ1) is 11.4. The fourth-order valence-corrected chi connectivity index (χ4v) is 4.89. The van der Waals surface area contributed by atoms with E-state index in [1.807, 2.05) is 36.4 Å². The van der Waals surface area contributed by atoms with E-state index in [9.17, 15) is 15.0 Å². The molecular weight excluding hydrogens is 324 g/mol. The molecule has 1 saturated heterocycles. The molecule has 126 valence electrons. The minimum atomic E-state index is -1.11. The van der Waals surface area contributed by atoms with E-state index in [4.69, 9.17) is 4.74 Å². The quantitative estimate of drug-likeness (QED) is 0.664. The fraction of sp³-hybridized carbons (Fsp3) is 0.421. The van der Waals surface area contributed by atoms with Crippen LogP contribution in [0.1, 0.15) is 24.6 Å². The second kappa shape index (κ2) is 5.69. The molecule has 2 heterocycles. The fourth-order valence-electron chi connectivity index (χ4n) is 3.80. The van der Waals surface area contributed by atoms with E-state index in [0.29, 0.717) is 12.8 Å². The Balaban J connectivity index is 1.58. The van der Waals surface area contributed by atoms with Gasteiger partial charge in [-0.05, 0) is 24.4 Å². The van der Waals surface area contributed by atoms with Gasteiger partial charge in [-0.2, -0.15) is 0 Å². The largest absolute Gasteiger partial charge is 0.462 e. The highest BCUT2D eigenvalue weighted by molar-refractivity contribution is 7.19. The molecule has 1 aliphatic carbocycles. The second-order valence-corrected chi connectivity index (χ2v) is 8.02. The molecule has 0 radical (unpaired) electrons. The zero-order valence-corrected chi connectivity index (χ0v) is 14.2. The van der Waals surface area contributed by atoms with E-state index < -0.39 is 11.7 Å². The maximum atomic E-state index is 11.5. The standard InChI is InChI=1S/C19H20O4S/c1-19(22,17-8-11-4-2-3-5-16(11)24-17)7-6-12-13-9-18(21)23-15(13)10-14(12)20/h2-8,12-15,20,22H,9-10H2,1H3/b7-6+/t12-,13-,14-,15+,19?/m1/s1. The van der Waals surface area contributed by atoms with Gasteiger partial charge < -0.3 is 14.9 Å². The monoisotopic (exact) mass is 344 g/mol. The van der Waals surface area contributed by atoms with Crippen molar-refractivity contribution in [3.8, 4) is 0 Å². The molecule has 24 heavy (non-hydrogen) atoms. The van der Waals surface area contributed by atoms with E-state index in [1.165, 1.54) is 0 Å². The number of aliphatic hydroxyl groups is 2. The van der Waals surface area contributed by atoms with Crippen molar-refractivity contribution in [2.45, 2.75) is 37.6 Å². The van der Waals surface area contributed by atoms with Crippen LogP contribution in [-0.4, -0.2) is 28.4 Å². The van der Waals surface area contributed by atoms with Crippen LogP contribution >= 0.6 is 11.3 Å². The van der Waals surface area contributed by atoms with Gasteiger partial charge >= 0.3 is 5.97 Å². The number of benzene rings is 1. The topological polar surface area (TPSA) is 66.8 Å². The third-order valence-corrected chi connectivity index (χ3v) is 6.49. The van der Waals surface area contributed by atoms with Crippen LogP contribution < -0.4 is 0 Å². The van der Waals surface area contributed by atoms with Crippen LogP contribution in [0.2, 0.25) is 0 Å². The molecule has 1 aromatic carbocycles. The molecule has 0 bridgehead atoms. The Hall–Kier alpha value is -1.69. The molecule has 4 nitrogen and oxygen atoms in total. The average Bonchev–Trinajstić information content (AvgIpc) is 3.18. The number of esters is 1. The SMILES string of the molecule is CC(O)(/C=C/[C@@H]1[C@H]2CC(=O)O[C@H]2C[C@H]1O)c1cc2ccccc2s1. The van der Waals surface area contributed by atoms with Gasteiger partial charge in [-0.3, -0.25) is 4.79 Å². The van der Waals surface area contributed by atoms with Crippen LogP contribution in [0.3, 0.4) is 0 Å². The van der Waals surface area contributed by atoms with Gasteiger partial charge in [0.1, 0.15) is 11.7 Å². The summed E-state index contributed by atoms with van der Waals surface area (Å²) in [5, 5.41) is 22.2. The van der Waals surface area contributed by atoms with E-state index >= 15 is 0 Å². The molecule has 5 atom stereocenters. The number of carbonyl (C=O) groups excluding carboxylic acids is 1. The first-order valence-corrected chi connectivity index (χ1v) is 9.04. The molecule has 1 aliphatic heterocycles. The molecule has 2 N–H and O–H groups in total. The number of rotatable bonds is 3. The third-order valence-electron chi connectivity index (χ3n) is 5.14. The molecule has 0 spiro atoms. The Bertz CT molecular complexity index is 774. The third kappa shape index (κ3) is 2.66. The summed E-state index contributed by atoms with van der Waals surface area (Å²) in [7, 11) is 0. The van der Waals surface area contributed by atoms with Gasteiger partial charge in [0.25, 0.3) is 0 Å².